The number of hydrogen-bond donors (Lipinski definition) is 2. The van der Waals surface area contributed by atoms with Crippen molar-refractivity contribution in [2.45, 2.75) is 25.8 Å². The maximum Gasteiger partial charge on any atom is 0.319 e. The first-order valence-corrected chi connectivity index (χ1v) is 9.38. The van der Waals surface area contributed by atoms with Crippen LogP contribution in [0, 0.1) is 6.92 Å². The summed E-state index contributed by atoms with van der Waals surface area (Å²) in [5.41, 5.74) is 1.53. The Morgan fingerprint density at radius 1 is 1.21 bits per heavy atom. The second kappa shape index (κ2) is 8.22. The van der Waals surface area contributed by atoms with Gasteiger partial charge in [-0.1, -0.05) is 0 Å². The number of carbonyl (C=O) groups is 1. The van der Waals surface area contributed by atoms with E-state index in [1.807, 2.05) is 43.3 Å². The van der Waals surface area contributed by atoms with Crippen molar-refractivity contribution < 1.29 is 9.21 Å². The third-order valence-electron chi connectivity index (χ3n) is 4.90. The van der Waals surface area contributed by atoms with Crippen LogP contribution in [0.2, 0.25) is 0 Å². The number of hydrogen-bond acceptors (Lipinski definition) is 6. The lowest BCUT2D eigenvalue weighted by molar-refractivity contribution is 0.207. The average Bonchev–Trinajstić information content (AvgIpc) is 3.46. The highest BCUT2D eigenvalue weighted by molar-refractivity contribution is 5.89. The lowest BCUT2D eigenvalue weighted by Crippen LogP contribution is -2.38. The van der Waals surface area contributed by atoms with Crippen LogP contribution in [0.1, 0.15) is 30.5 Å². The zero-order chi connectivity index (χ0) is 19.3. The minimum Gasteiger partial charge on any atom is -0.468 e. The largest absolute Gasteiger partial charge is 0.468 e. The predicted octanol–water partition coefficient (Wildman–Crippen LogP) is 2.52. The number of aromatic nitrogens is 4. The van der Waals surface area contributed by atoms with E-state index in [-0.39, 0.29) is 12.1 Å². The Hall–Kier alpha value is -3.20. The van der Waals surface area contributed by atoms with Crippen molar-refractivity contribution in [3.05, 3.63) is 54.2 Å². The summed E-state index contributed by atoms with van der Waals surface area (Å²) in [5.74, 6) is 1.58. The van der Waals surface area contributed by atoms with Crippen LogP contribution >= 0.6 is 0 Å². The van der Waals surface area contributed by atoms with E-state index in [9.17, 15) is 4.79 Å². The highest BCUT2D eigenvalue weighted by Crippen LogP contribution is 2.25. The number of carbonyl (C=O) groups excluding carboxylic acids is 1. The van der Waals surface area contributed by atoms with Crippen LogP contribution in [0.25, 0.3) is 5.69 Å². The monoisotopic (exact) mass is 381 g/mol. The minimum atomic E-state index is -0.248. The maximum absolute atomic E-state index is 12.4. The first kappa shape index (κ1) is 18.2. The topological polar surface area (TPSA) is 101 Å². The summed E-state index contributed by atoms with van der Waals surface area (Å²) >= 11 is 0. The average molecular weight is 381 g/mol. The van der Waals surface area contributed by atoms with E-state index in [1.165, 1.54) is 12.8 Å². The van der Waals surface area contributed by atoms with Crippen molar-refractivity contribution in [3.8, 4) is 5.69 Å². The van der Waals surface area contributed by atoms with Crippen LogP contribution in [0.4, 0.5) is 10.5 Å². The second-order valence-electron chi connectivity index (χ2n) is 6.79. The van der Waals surface area contributed by atoms with Gasteiger partial charge in [-0.15, -0.1) is 5.10 Å². The Bertz CT molecular complexity index is 899. The van der Waals surface area contributed by atoms with Gasteiger partial charge in [-0.05, 0) is 79.7 Å². The third kappa shape index (κ3) is 4.04. The van der Waals surface area contributed by atoms with Gasteiger partial charge in [0, 0.05) is 12.2 Å². The number of urea groups is 1. The Morgan fingerprint density at radius 3 is 2.64 bits per heavy atom. The molecule has 0 saturated carbocycles. The molecule has 3 aromatic rings. The first-order valence-electron chi connectivity index (χ1n) is 9.38. The lowest BCUT2D eigenvalue weighted by Gasteiger charge is -2.26. The Morgan fingerprint density at radius 2 is 2.00 bits per heavy atom. The van der Waals surface area contributed by atoms with Crippen LogP contribution < -0.4 is 10.6 Å². The van der Waals surface area contributed by atoms with E-state index in [0.29, 0.717) is 18.1 Å². The molecule has 9 nitrogen and oxygen atoms in total. The number of tetrazole rings is 1. The summed E-state index contributed by atoms with van der Waals surface area (Å²) < 4.78 is 7.22. The number of nitrogens with zero attached hydrogens (tertiary/aromatic N) is 5. The van der Waals surface area contributed by atoms with Gasteiger partial charge in [0.15, 0.2) is 5.82 Å². The Kier molecular flexibility index (Phi) is 5.34. The van der Waals surface area contributed by atoms with Gasteiger partial charge in [0.05, 0.1) is 18.0 Å². The summed E-state index contributed by atoms with van der Waals surface area (Å²) in [6.45, 7) is 4.36. The Balaban J connectivity index is 1.35. The zero-order valence-electron chi connectivity index (χ0n) is 15.7. The molecule has 0 bridgehead atoms. The maximum atomic E-state index is 12.4. The molecule has 1 atom stereocenters. The van der Waals surface area contributed by atoms with Crippen molar-refractivity contribution in [3.63, 3.8) is 0 Å². The van der Waals surface area contributed by atoms with E-state index < -0.39 is 0 Å². The molecule has 0 spiro atoms. The van der Waals surface area contributed by atoms with Crippen molar-refractivity contribution >= 4 is 11.7 Å². The van der Waals surface area contributed by atoms with Gasteiger partial charge >= 0.3 is 6.03 Å². The summed E-state index contributed by atoms with van der Waals surface area (Å²) in [4.78, 5) is 14.7. The summed E-state index contributed by atoms with van der Waals surface area (Å²) in [5, 5.41) is 17.3. The molecule has 0 unspecified atom stereocenters. The molecule has 9 heteroatoms. The van der Waals surface area contributed by atoms with Crippen molar-refractivity contribution in [2.24, 2.45) is 0 Å². The molecule has 4 rings (SSSR count). The number of rotatable bonds is 6. The van der Waals surface area contributed by atoms with E-state index in [4.69, 9.17) is 4.42 Å². The molecule has 2 amide bonds. The highest BCUT2D eigenvalue weighted by atomic mass is 16.3. The molecule has 1 fully saturated rings. The molecular weight excluding hydrogens is 358 g/mol. The van der Waals surface area contributed by atoms with Crippen LogP contribution in [-0.2, 0) is 0 Å². The van der Waals surface area contributed by atoms with Crippen LogP contribution in [0.5, 0.6) is 0 Å². The highest BCUT2D eigenvalue weighted by Gasteiger charge is 2.25. The first-order chi connectivity index (χ1) is 13.7. The van der Waals surface area contributed by atoms with Crippen molar-refractivity contribution in [2.75, 3.05) is 25.0 Å². The summed E-state index contributed by atoms with van der Waals surface area (Å²) in [7, 11) is 0. The number of likely N-dealkylation sites (tertiary alicyclic amines) is 1. The molecule has 1 aliphatic heterocycles. The molecule has 0 aliphatic carbocycles. The van der Waals surface area contributed by atoms with E-state index >= 15 is 0 Å². The van der Waals surface area contributed by atoms with Gasteiger partial charge in [-0.25, -0.2) is 4.79 Å². The molecule has 2 aromatic heterocycles. The number of aryl methyl sites for hydroxylation is 1. The van der Waals surface area contributed by atoms with Gasteiger partial charge in [-0.3, -0.25) is 4.90 Å². The fourth-order valence-corrected chi connectivity index (χ4v) is 3.46. The van der Waals surface area contributed by atoms with Crippen LogP contribution in [0.15, 0.2) is 47.1 Å². The number of anilines is 1. The molecule has 0 radical (unpaired) electrons. The Labute approximate surface area is 162 Å². The van der Waals surface area contributed by atoms with E-state index in [0.717, 1.165) is 24.5 Å². The summed E-state index contributed by atoms with van der Waals surface area (Å²) in [6.07, 6.45) is 4.03. The lowest BCUT2D eigenvalue weighted by atomic mass is 10.2. The number of amides is 2. The number of benzene rings is 1. The van der Waals surface area contributed by atoms with Gasteiger partial charge in [0.2, 0.25) is 0 Å². The van der Waals surface area contributed by atoms with Crippen LogP contribution in [0.3, 0.4) is 0 Å². The molecule has 2 N–H and O–H groups in total. The minimum absolute atomic E-state index is 0.0495. The van der Waals surface area contributed by atoms with Crippen LogP contribution in [-0.4, -0.2) is 50.8 Å². The fraction of sp³-hybridized carbons (Fsp3) is 0.368. The van der Waals surface area contributed by atoms with Gasteiger partial charge in [0.1, 0.15) is 5.76 Å². The molecule has 1 saturated heterocycles. The number of nitrogens with one attached hydrogen (secondary N) is 2. The fourth-order valence-electron chi connectivity index (χ4n) is 3.46. The van der Waals surface area contributed by atoms with Gasteiger partial charge < -0.3 is 15.1 Å². The molecule has 1 aromatic carbocycles. The normalized spacial score (nSPS) is 15.5. The van der Waals surface area contributed by atoms with E-state index in [2.05, 4.69) is 31.1 Å². The molecule has 3 heterocycles. The SMILES string of the molecule is Cc1nnnn1-c1ccc(NC(=O)NC[C@H](c2ccco2)N2CCCC2)cc1. The third-order valence-corrected chi connectivity index (χ3v) is 4.90. The molecule has 146 valence electrons. The van der Waals surface area contributed by atoms with Crippen molar-refractivity contribution in [1.82, 2.24) is 30.4 Å². The standard InChI is InChI=1S/C19H23N7O2/c1-14-22-23-24-26(14)16-8-6-15(7-9-16)21-19(27)20-13-17(18-5-4-12-28-18)25-10-2-3-11-25/h4-9,12,17H,2-3,10-11,13H2,1H3,(H2,20,21,27)/t17-/m1/s1. The summed E-state index contributed by atoms with van der Waals surface area (Å²) in [6, 6.07) is 11.0. The zero-order valence-corrected chi connectivity index (χ0v) is 15.7. The van der Waals surface area contributed by atoms with E-state index in [1.54, 1.807) is 10.9 Å². The molecular formula is C19H23N7O2. The predicted molar refractivity (Wildman–Crippen MR) is 103 cm³/mol. The smallest absolute Gasteiger partial charge is 0.319 e. The van der Waals surface area contributed by atoms with Gasteiger partial charge in [0.25, 0.3) is 0 Å². The number of furan rings is 1. The second-order valence-corrected chi connectivity index (χ2v) is 6.79. The molecule has 1 aliphatic rings. The van der Waals surface area contributed by atoms with Gasteiger partial charge in [-0.2, -0.15) is 4.68 Å². The quantitative estimate of drug-likeness (QED) is 0.680. The molecule has 28 heavy (non-hydrogen) atoms. The van der Waals surface area contributed by atoms with Crippen molar-refractivity contribution in [1.29, 1.82) is 0 Å².